The number of rotatable bonds is 4. The van der Waals surface area contributed by atoms with Crippen LogP contribution in [0.15, 0.2) is 43.1 Å². The lowest BCUT2D eigenvalue weighted by molar-refractivity contribution is 0.0994. The number of nitrogens with two attached hydrogens (primary N) is 1. The first-order valence-corrected chi connectivity index (χ1v) is 6.89. The number of carbonyl (C=O) groups excluding carboxylic acids is 1. The van der Waals surface area contributed by atoms with E-state index in [1.54, 1.807) is 29.0 Å². The first-order chi connectivity index (χ1) is 11.0. The van der Waals surface area contributed by atoms with Crippen LogP contribution in [-0.2, 0) is 6.54 Å². The van der Waals surface area contributed by atoms with Crippen LogP contribution >= 0.6 is 0 Å². The molecule has 2 aromatic heterocycles. The van der Waals surface area contributed by atoms with Crippen molar-refractivity contribution in [3.8, 4) is 5.88 Å². The molecule has 0 aliphatic rings. The fraction of sp³-hybridized carbons (Fsp3) is 0.0588. The van der Waals surface area contributed by atoms with Crippen molar-refractivity contribution >= 4 is 22.9 Å². The van der Waals surface area contributed by atoms with Gasteiger partial charge in [-0.1, -0.05) is 24.8 Å². The molecule has 0 unspecified atom stereocenters. The standard InChI is InChI=1S/C17H14FN3O2/c1-2-12-13-7-8-21(9-10-3-5-11(18)6-4-10)15(13)17(23)20-14(12)16(19)22/h2-8H,1,9H2,(H2,19,22)(H,20,23). The molecular weight excluding hydrogens is 297 g/mol. The fourth-order valence-corrected chi connectivity index (χ4v) is 2.60. The number of halogens is 1. The van der Waals surface area contributed by atoms with Crippen molar-refractivity contribution in [2.45, 2.75) is 6.54 Å². The number of aromatic hydroxyl groups is 1. The van der Waals surface area contributed by atoms with Gasteiger partial charge in [0.25, 0.3) is 5.91 Å². The molecule has 0 bridgehead atoms. The van der Waals surface area contributed by atoms with Crippen LogP contribution < -0.4 is 5.73 Å². The lowest BCUT2D eigenvalue weighted by Gasteiger charge is -2.09. The molecule has 3 N–H and O–H groups in total. The Labute approximate surface area is 131 Å². The maximum absolute atomic E-state index is 13.0. The van der Waals surface area contributed by atoms with E-state index in [9.17, 15) is 14.3 Å². The first kappa shape index (κ1) is 14.8. The second-order valence-electron chi connectivity index (χ2n) is 5.10. The van der Waals surface area contributed by atoms with E-state index in [0.717, 1.165) is 5.56 Å². The van der Waals surface area contributed by atoms with Crippen LogP contribution in [0.2, 0.25) is 0 Å². The van der Waals surface area contributed by atoms with Crippen molar-refractivity contribution in [3.63, 3.8) is 0 Å². The summed E-state index contributed by atoms with van der Waals surface area (Å²) in [6.07, 6.45) is 3.24. The zero-order valence-corrected chi connectivity index (χ0v) is 12.2. The van der Waals surface area contributed by atoms with Crippen LogP contribution in [0.1, 0.15) is 21.6 Å². The lowest BCUT2D eigenvalue weighted by Crippen LogP contribution is -2.15. The molecular formula is C17H14FN3O2. The van der Waals surface area contributed by atoms with Crippen LogP contribution in [0.3, 0.4) is 0 Å². The molecule has 0 aliphatic heterocycles. The van der Waals surface area contributed by atoms with Gasteiger partial charge in [-0.15, -0.1) is 0 Å². The quantitative estimate of drug-likeness (QED) is 0.777. The molecule has 0 aliphatic carbocycles. The summed E-state index contributed by atoms with van der Waals surface area (Å²) in [7, 11) is 0. The third-order valence-corrected chi connectivity index (χ3v) is 3.64. The second-order valence-corrected chi connectivity index (χ2v) is 5.10. The monoisotopic (exact) mass is 311 g/mol. The van der Waals surface area contributed by atoms with E-state index in [2.05, 4.69) is 11.6 Å². The van der Waals surface area contributed by atoms with Gasteiger partial charge in [-0.2, -0.15) is 0 Å². The topological polar surface area (TPSA) is 81.1 Å². The number of hydrogen-bond donors (Lipinski definition) is 2. The van der Waals surface area contributed by atoms with E-state index in [1.807, 2.05) is 0 Å². The van der Waals surface area contributed by atoms with E-state index >= 15 is 0 Å². The van der Waals surface area contributed by atoms with Gasteiger partial charge in [0.15, 0.2) is 0 Å². The molecule has 0 spiro atoms. The summed E-state index contributed by atoms with van der Waals surface area (Å²) in [6.45, 7) is 4.10. The first-order valence-electron chi connectivity index (χ1n) is 6.89. The normalized spacial score (nSPS) is 10.8. The number of fused-ring (bicyclic) bond motifs is 1. The van der Waals surface area contributed by atoms with E-state index in [-0.39, 0.29) is 17.4 Å². The third-order valence-electron chi connectivity index (χ3n) is 3.64. The van der Waals surface area contributed by atoms with Gasteiger partial charge in [0, 0.05) is 23.7 Å². The van der Waals surface area contributed by atoms with Crippen molar-refractivity contribution < 1.29 is 14.3 Å². The fourth-order valence-electron chi connectivity index (χ4n) is 2.60. The lowest BCUT2D eigenvalue weighted by atomic mass is 10.1. The van der Waals surface area contributed by atoms with Crippen LogP contribution in [0.25, 0.3) is 17.0 Å². The predicted molar refractivity (Wildman–Crippen MR) is 85.5 cm³/mol. The highest BCUT2D eigenvalue weighted by atomic mass is 19.1. The minimum absolute atomic E-state index is 0.0236. The number of amides is 1. The summed E-state index contributed by atoms with van der Waals surface area (Å²) < 4.78 is 14.8. The largest absolute Gasteiger partial charge is 0.492 e. The summed E-state index contributed by atoms with van der Waals surface area (Å²) in [5, 5.41) is 10.8. The molecule has 0 saturated heterocycles. The highest BCUT2D eigenvalue weighted by Crippen LogP contribution is 2.30. The summed E-state index contributed by atoms with van der Waals surface area (Å²) >= 11 is 0. The Morgan fingerprint density at radius 3 is 2.65 bits per heavy atom. The van der Waals surface area contributed by atoms with Gasteiger partial charge in [-0.05, 0) is 23.8 Å². The number of carbonyl (C=O) groups is 1. The van der Waals surface area contributed by atoms with E-state index in [1.165, 1.54) is 18.2 Å². The SMILES string of the molecule is C=Cc1c(C(N)=O)nc(O)c2c1ccn2Cc1ccc(F)cc1. The molecule has 0 saturated carbocycles. The zero-order valence-electron chi connectivity index (χ0n) is 12.2. The van der Waals surface area contributed by atoms with Crippen molar-refractivity contribution in [2.75, 3.05) is 0 Å². The number of aromatic nitrogens is 2. The average molecular weight is 311 g/mol. The maximum atomic E-state index is 13.0. The Bertz CT molecular complexity index is 914. The number of nitrogens with zero attached hydrogens (tertiary/aromatic N) is 2. The molecule has 1 amide bonds. The van der Waals surface area contributed by atoms with Crippen molar-refractivity contribution in [2.24, 2.45) is 5.73 Å². The molecule has 1 aromatic carbocycles. The minimum Gasteiger partial charge on any atom is -0.492 e. The van der Waals surface area contributed by atoms with E-state index in [0.29, 0.717) is 23.0 Å². The molecule has 6 heteroatoms. The summed E-state index contributed by atoms with van der Waals surface area (Å²) in [6, 6.07) is 7.83. The van der Waals surface area contributed by atoms with Gasteiger partial charge in [0.1, 0.15) is 17.0 Å². The van der Waals surface area contributed by atoms with Crippen LogP contribution in [0.4, 0.5) is 4.39 Å². The third kappa shape index (κ3) is 2.55. The number of hydrogen-bond acceptors (Lipinski definition) is 3. The van der Waals surface area contributed by atoms with Crippen LogP contribution in [0, 0.1) is 5.82 Å². The minimum atomic E-state index is -0.733. The Morgan fingerprint density at radius 1 is 1.35 bits per heavy atom. The Hall–Kier alpha value is -3.15. The molecule has 2 heterocycles. The molecule has 0 radical (unpaired) electrons. The average Bonchev–Trinajstić information content (AvgIpc) is 2.94. The predicted octanol–water partition coefficient (Wildman–Crippen LogP) is 2.67. The summed E-state index contributed by atoms with van der Waals surface area (Å²) in [5.74, 6) is -1.33. The van der Waals surface area contributed by atoms with Gasteiger partial charge >= 0.3 is 0 Å². The molecule has 0 atom stereocenters. The molecule has 0 fully saturated rings. The van der Waals surface area contributed by atoms with Crippen molar-refractivity contribution in [1.82, 2.24) is 9.55 Å². The molecule has 116 valence electrons. The van der Waals surface area contributed by atoms with E-state index in [4.69, 9.17) is 5.73 Å². The van der Waals surface area contributed by atoms with Gasteiger partial charge in [0.2, 0.25) is 5.88 Å². The van der Waals surface area contributed by atoms with Gasteiger partial charge in [-0.3, -0.25) is 4.79 Å². The van der Waals surface area contributed by atoms with E-state index < -0.39 is 5.91 Å². The Kier molecular flexibility index (Phi) is 3.57. The Morgan fingerprint density at radius 2 is 2.04 bits per heavy atom. The molecule has 3 aromatic rings. The van der Waals surface area contributed by atoms with Gasteiger partial charge in [-0.25, -0.2) is 9.37 Å². The number of pyridine rings is 1. The highest BCUT2D eigenvalue weighted by molar-refractivity contribution is 6.03. The molecule has 23 heavy (non-hydrogen) atoms. The smallest absolute Gasteiger partial charge is 0.268 e. The van der Waals surface area contributed by atoms with Crippen molar-refractivity contribution in [3.05, 3.63) is 65.7 Å². The highest BCUT2D eigenvalue weighted by Gasteiger charge is 2.18. The van der Waals surface area contributed by atoms with Gasteiger partial charge in [0.05, 0.1) is 0 Å². The molecule has 5 nitrogen and oxygen atoms in total. The van der Waals surface area contributed by atoms with Crippen LogP contribution in [-0.4, -0.2) is 20.6 Å². The van der Waals surface area contributed by atoms with Crippen molar-refractivity contribution in [1.29, 1.82) is 0 Å². The number of benzene rings is 1. The zero-order chi connectivity index (χ0) is 16.6. The Balaban J connectivity index is 2.15. The van der Waals surface area contributed by atoms with Gasteiger partial charge < -0.3 is 15.4 Å². The second kappa shape index (κ2) is 5.57. The molecule has 3 rings (SSSR count). The summed E-state index contributed by atoms with van der Waals surface area (Å²) in [4.78, 5) is 15.4. The van der Waals surface area contributed by atoms with Crippen LogP contribution in [0.5, 0.6) is 5.88 Å². The number of primary amides is 1. The maximum Gasteiger partial charge on any atom is 0.268 e. The summed E-state index contributed by atoms with van der Waals surface area (Å²) in [5.41, 5.74) is 7.07.